The summed E-state index contributed by atoms with van der Waals surface area (Å²) in [5.74, 6) is 0.372. The average molecular weight is 331 g/mol. The van der Waals surface area contributed by atoms with E-state index in [9.17, 15) is 9.90 Å². The van der Waals surface area contributed by atoms with Gasteiger partial charge in [-0.3, -0.25) is 4.79 Å². The largest absolute Gasteiger partial charge is 0.393 e. The third-order valence-electron chi connectivity index (χ3n) is 5.42. The van der Waals surface area contributed by atoms with E-state index in [1.54, 1.807) is 0 Å². The van der Waals surface area contributed by atoms with Crippen molar-refractivity contribution in [3.8, 4) is 0 Å². The topological polar surface area (TPSA) is 49.8 Å². The molecule has 2 fully saturated rings. The molecule has 3 atom stereocenters. The first kappa shape index (κ1) is 17.4. The Labute approximate surface area is 144 Å². The molecule has 0 bridgehead atoms. The van der Waals surface area contributed by atoms with Crippen LogP contribution in [-0.2, 0) is 16.0 Å². The van der Waals surface area contributed by atoms with Gasteiger partial charge in [0.1, 0.15) is 0 Å². The highest BCUT2D eigenvalue weighted by Gasteiger charge is 2.39. The smallest absolute Gasteiger partial charge is 0.223 e. The van der Waals surface area contributed by atoms with E-state index in [1.807, 2.05) is 4.90 Å². The number of rotatable bonds is 4. The lowest BCUT2D eigenvalue weighted by atomic mass is 9.93. The number of aliphatic hydroxyl groups excluding tert-OH is 1. The van der Waals surface area contributed by atoms with Crippen LogP contribution in [-0.4, -0.2) is 47.8 Å². The summed E-state index contributed by atoms with van der Waals surface area (Å²) >= 11 is 0. The maximum Gasteiger partial charge on any atom is 0.223 e. The zero-order valence-electron chi connectivity index (χ0n) is 14.8. The van der Waals surface area contributed by atoms with Crippen molar-refractivity contribution in [1.82, 2.24) is 4.90 Å². The molecule has 1 aliphatic heterocycles. The van der Waals surface area contributed by atoms with Crippen molar-refractivity contribution < 1.29 is 14.6 Å². The Morgan fingerprint density at radius 1 is 1.25 bits per heavy atom. The van der Waals surface area contributed by atoms with Crippen LogP contribution in [0.3, 0.4) is 0 Å². The molecule has 1 amide bonds. The lowest BCUT2D eigenvalue weighted by molar-refractivity contribution is -0.143. The summed E-state index contributed by atoms with van der Waals surface area (Å²) in [6.07, 6.45) is 3.92. The molecule has 24 heavy (non-hydrogen) atoms. The second-order valence-corrected chi connectivity index (χ2v) is 7.39. The highest BCUT2D eigenvalue weighted by molar-refractivity contribution is 5.77. The SMILES string of the molecule is Cc1cc(C)cc(CCC(=O)N2CCOC[C@@H]2[C@H]2CCC[C@H]2O)c1. The van der Waals surface area contributed by atoms with E-state index in [0.29, 0.717) is 26.2 Å². The maximum atomic E-state index is 12.8. The van der Waals surface area contributed by atoms with Gasteiger partial charge in [0.05, 0.1) is 25.4 Å². The number of nitrogens with zero attached hydrogens (tertiary/aromatic N) is 1. The third-order valence-corrected chi connectivity index (χ3v) is 5.42. The normalized spacial score (nSPS) is 27.5. The van der Waals surface area contributed by atoms with Crippen molar-refractivity contribution >= 4 is 5.91 Å². The first-order valence-electron chi connectivity index (χ1n) is 9.17. The predicted octanol–water partition coefficient (Wildman–Crippen LogP) is 2.62. The van der Waals surface area contributed by atoms with Gasteiger partial charge in [0.2, 0.25) is 5.91 Å². The number of morpholine rings is 1. The lowest BCUT2D eigenvalue weighted by Crippen LogP contribution is -2.53. The molecule has 0 spiro atoms. The van der Waals surface area contributed by atoms with Gasteiger partial charge in [-0.15, -0.1) is 0 Å². The highest BCUT2D eigenvalue weighted by atomic mass is 16.5. The second kappa shape index (κ2) is 7.66. The fourth-order valence-corrected chi connectivity index (χ4v) is 4.31. The fraction of sp³-hybridized carbons (Fsp3) is 0.650. The summed E-state index contributed by atoms with van der Waals surface area (Å²) in [5, 5.41) is 10.2. The minimum absolute atomic E-state index is 0.0444. The molecule has 0 unspecified atom stereocenters. The Bertz CT molecular complexity index is 566. The van der Waals surface area contributed by atoms with E-state index in [2.05, 4.69) is 32.0 Å². The Balaban J connectivity index is 1.63. The van der Waals surface area contributed by atoms with Crippen LogP contribution < -0.4 is 0 Å². The zero-order valence-corrected chi connectivity index (χ0v) is 14.8. The number of aryl methyl sites for hydroxylation is 3. The summed E-state index contributed by atoms with van der Waals surface area (Å²) in [5.41, 5.74) is 3.72. The highest BCUT2D eigenvalue weighted by Crippen LogP contribution is 2.32. The van der Waals surface area contributed by atoms with Crippen LogP contribution in [0.25, 0.3) is 0 Å². The van der Waals surface area contributed by atoms with E-state index in [4.69, 9.17) is 4.74 Å². The summed E-state index contributed by atoms with van der Waals surface area (Å²) < 4.78 is 5.61. The number of hydrogen-bond donors (Lipinski definition) is 1. The third kappa shape index (κ3) is 3.98. The lowest BCUT2D eigenvalue weighted by Gasteiger charge is -2.40. The molecule has 132 valence electrons. The van der Waals surface area contributed by atoms with Crippen molar-refractivity contribution in [2.75, 3.05) is 19.8 Å². The van der Waals surface area contributed by atoms with Gasteiger partial charge >= 0.3 is 0 Å². The van der Waals surface area contributed by atoms with Gasteiger partial charge in [0, 0.05) is 18.9 Å². The van der Waals surface area contributed by atoms with Crippen LogP contribution in [0.2, 0.25) is 0 Å². The second-order valence-electron chi connectivity index (χ2n) is 7.39. The minimum atomic E-state index is -0.286. The van der Waals surface area contributed by atoms with E-state index < -0.39 is 0 Å². The molecule has 1 N–H and O–H groups in total. The van der Waals surface area contributed by atoms with Gasteiger partial charge in [-0.05, 0) is 38.7 Å². The fourth-order valence-electron chi connectivity index (χ4n) is 4.31. The molecule has 4 nitrogen and oxygen atoms in total. The molecule has 0 radical (unpaired) electrons. The predicted molar refractivity (Wildman–Crippen MR) is 93.9 cm³/mol. The molecule has 1 aromatic rings. The molecule has 1 saturated heterocycles. The average Bonchev–Trinajstić information content (AvgIpc) is 2.97. The number of ether oxygens (including phenoxy) is 1. The van der Waals surface area contributed by atoms with E-state index >= 15 is 0 Å². The van der Waals surface area contributed by atoms with Gasteiger partial charge in [-0.1, -0.05) is 35.7 Å². The van der Waals surface area contributed by atoms with Crippen LogP contribution in [0.4, 0.5) is 0 Å². The molecule has 1 aromatic carbocycles. The monoisotopic (exact) mass is 331 g/mol. The first-order valence-corrected chi connectivity index (χ1v) is 9.17. The van der Waals surface area contributed by atoms with Crippen molar-refractivity contribution in [1.29, 1.82) is 0 Å². The van der Waals surface area contributed by atoms with Gasteiger partial charge in [-0.25, -0.2) is 0 Å². The molecular formula is C20H29NO3. The number of carbonyl (C=O) groups is 1. The maximum absolute atomic E-state index is 12.8. The van der Waals surface area contributed by atoms with Crippen LogP contribution in [0, 0.1) is 19.8 Å². The number of aliphatic hydroxyl groups is 1. The molecule has 2 aliphatic rings. The van der Waals surface area contributed by atoms with Gasteiger partial charge in [0.25, 0.3) is 0 Å². The molecular weight excluding hydrogens is 302 g/mol. The number of amides is 1. The summed E-state index contributed by atoms with van der Waals surface area (Å²) in [7, 11) is 0. The minimum Gasteiger partial charge on any atom is -0.393 e. The number of hydrogen-bond acceptors (Lipinski definition) is 3. The van der Waals surface area contributed by atoms with Crippen LogP contribution in [0.15, 0.2) is 18.2 Å². The van der Waals surface area contributed by atoms with Crippen molar-refractivity contribution in [2.45, 2.75) is 58.1 Å². The van der Waals surface area contributed by atoms with E-state index in [0.717, 1.165) is 25.7 Å². The van der Waals surface area contributed by atoms with Gasteiger partial charge < -0.3 is 14.7 Å². The van der Waals surface area contributed by atoms with E-state index in [1.165, 1.54) is 16.7 Å². The van der Waals surface area contributed by atoms with E-state index in [-0.39, 0.29) is 24.0 Å². The van der Waals surface area contributed by atoms with Crippen LogP contribution in [0.1, 0.15) is 42.4 Å². The quantitative estimate of drug-likeness (QED) is 0.923. The van der Waals surface area contributed by atoms with Crippen molar-refractivity contribution in [3.05, 3.63) is 34.9 Å². The number of carbonyl (C=O) groups excluding carboxylic acids is 1. The summed E-state index contributed by atoms with van der Waals surface area (Å²) in [6, 6.07) is 6.53. The molecule has 1 aliphatic carbocycles. The Morgan fingerprint density at radius 2 is 2.00 bits per heavy atom. The van der Waals surface area contributed by atoms with Crippen molar-refractivity contribution in [2.24, 2.45) is 5.92 Å². The van der Waals surface area contributed by atoms with Gasteiger partial charge in [-0.2, -0.15) is 0 Å². The summed E-state index contributed by atoms with van der Waals surface area (Å²) in [6.45, 7) is 6.01. The Morgan fingerprint density at radius 3 is 2.67 bits per heavy atom. The Hall–Kier alpha value is -1.39. The molecule has 3 rings (SSSR count). The summed E-state index contributed by atoms with van der Waals surface area (Å²) in [4.78, 5) is 14.8. The zero-order chi connectivity index (χ0) is 17.1. The van der Waals surface area contributed by atoms with Crippen LogP contribution >= 0.6 is 0 Å². The van der Waals surface area contributed by atoms with Gasteiger partial charge in [0.15, 0.2) is 0 Å². The first-order chi connectivity index (χ1) is 11.5. The molecule has 4 heteroatoms. The Kier molecular flexibility index (Phi) is 5.57. The van der Waals surface area contributed by atoms with Crippen molar-refractivity contribution in [3.63, 3.8) is 0 Å². The molecule has 1 heterocycles. The van der Waals surface area contributed by atoms with Crippen LogP contribution in [0.5, 0.6) is 0 Å². The molecule has 1 saturated carbocycles. The molecule has 0 aromatic heterocycles. The standard InChI is InChI=1S/C20H29NO3/c1-14-10-15(2)12-16(11-14)6-7-20(23)21-8-9-24-13-18(21)17-4-3-5-19(17)22/h10-12,17-19,22H,3-9,13H2,1-2H3/t17-,18-,19-/m1/s1. The number of benzene rings is 1.